The Kier molecular flexibility index (Phi) is 43.5. The van der Waals surface area contributed by atoms with Crippen LogP contribution in [-0.4, -0.2) is 79.9 Å². The summed E-state index contributed by atoms with van der Waals surface area (Å²) in [7, 11) is 3.90. The summed E-state index contributed by atoms with van der Waals surface area (Å²) in [5.74, 6) is 0.00463. The van der Waals surface area contributed by atoms with Gasteiger partial charge in [-0.1, -0.05) is 133 Å². The quantitative estimate of drug-likeness (QED) is 0.188. The second-order valence-electron chi connectivity index (χ2n) is 15.3. The lowest BCUT2D eigenvalue weighted by molar-refractivity contribution is -0.118. The van der Waals surface area contributed by atoms with Gasteiger partial charge < -0.3 is 23.0 Å². The largest absolute Gasteiger partial charge is 0.398 e. The molecule has 0 unspecified atom stereocenters. The van der Waals surface area contributed by atoms with Gasteiger partial charge in [-0.2, -0.15) is 0 Å². The smallest absolute Gasteiger partial charge is 0.331 e. The van der Waals surface area contributed by atoms with Crippen LogP contribution in [0.3, 0.4) is 0 Å². The summed E-state index contributed by atoms with van der Waals surface area (Å²) >= 11 is 0. The third kappa shape index (κ3) is 81.8. The van der Waals surface area contributed by atoms with E-state index in [4.69, 9.17) is 17.7 Å². The number of hydrogen-bond donors (Lipinski definition) is 1. The molecule has 12 heteroatoms. The highest BCUT2D eigenvalue weighted by molar-refractivity contribution is 8.76. The van der Waals surface area contributed by atoms with E-state index < -0.39 is 33.3 Å². The highest BCUT2D eigenvalue weighted by atomic mass is 33.1. The van der Waals surface area contributed by atoms with E-state index in [9.17, 15) is 4.79 Å². The fourth-order valence-electron chi connectivity index (χ4n) is 1.64. The molecule has 0 bridgehead atoms. The lowest BCUT2D eigenvalue weighted by Gasteiger charge is -2.20. The summed E-state index contributed by atoms with van der Waals surface area (Å²) < 4.78 is 20.8. The number of rotatable bonds is 10. The van der Waals surface area contributed by atoms with Crippen molar-refractivity contribution in [1.29, 1.82) is 0 Å². The van der Waals surface area contributed by atoms with E-state index in [1.54, 1.807) is 42.9 Å². The van der Waals surface area contributed by atoms with E-state index in [2.05, 4.69) is 130 Å². The Hall–Kier alpha value is 0.0975. The van der Waals surface area contributed by atoms with Crippen molar-refractivity contribution >= 4 is 60.8 Å². The zero-order valence-electron chi connectivity index (χ0n) is 35.6. The standard InChI is InChI=1S/C7H8S2.C6H16O2Si.C6H16Si.C5H12.C4H12O2Si.C4H12Si.C3H7NO/c1-8-9-7-5-3-2-4-6-7;1-5-7-9(3,4)8-6-2;1-5-7(3,4)6-2;1-5(2,3)4;1-5-7(3,4)6-2;1-5(2,3)4;1-3(5)4-2/h2-6H,1H3;5-6H2,1-4H3;5-6H2,1-4H3;1-4H3;1-4H3;1-4H3;1-2H3,(H,4,5). The number of nitrogens with one attached hydrogen (secondary N) is 1. The van der Waals surface area contributed by atoms with Gasteiger partial charge >= 0.3 is 17.1 Å². The lowest BCUT2D eigenvalue weighted by Crippen LogP contribution is -2.34. The summed E-state index contributed by atoms with van der Waals surface area (Å²) in [6.45, 7) is 42.6. The molecule has 1 amide bonds. The predicted octanol–water partition coefficient (Wildman–Crippen LogP) is 12.3. The zero-order valence-corrected chi connectivity index (χ0v) is 41.2. The summed E-state index contributed by atoms with van der Waals surface area (Å²) in [6.07, 6.45) is 2.08. The van der Waals surface area contributed by atoms with Crippen molar-refractivity contribution in [3.05, 3.63) is 30.3 Å². The first-order valence-electron chi connectivity index (χ1n) is 16.9. The number of carbonyl (C=O) groups is 1. The minimum Gasteiger partial charge on any atom is -0.398 e. The molecule has 0 aromatic heterocycles. The maximum Gasteiger partial charge on any atom is 0.331 e. The molecular formula is C35H83NO5S2Si4. The van der Waals surface area contributed by atoms with Gasteiger partial charge in [0.05, 0.1) is 0 Å². The molecule has 0 saturated carbocycles. The monoisotopic (exact) mass is 773 g/mol. The van der Waals surface area contributed by atoms with Gasteiger partial charge in [0, 0.05) is 62.4 Å². The van der Waals surface area contributed by atoms with Crippen molar-refractivity contribution in [2.24, 2.45) is 5.41 Å². The number of hydrogen-bond acceptors (Lipinski definition) is 7. The first-order chi connectivity index (χ1) is 21.1. The minimum atomic E-state index is -1.70. The van der Waals surface area contributed by atoms with Gasteiger partial charge in [0.15, 0.2) is 0 Å². The molecular weight excluding hydrogens is 691 g/mol. The SMILES string of the molecule is CC(C)(C)C.CCO[Si](C)(C)OCC.CC[Si](C)(C)CC.CNC(C)=O.CO[Si](C)(C)OC.CSSc1ccccc1.C[Si](C)(C)C. The van der Waals surface area contributed by atoms with E-state index in [0.717, 1.165) is 13.2 Å². The van der Waals surface area contributed by atoms with Crippen LogP contribution >= 0.6 is 21.6 Å². The Morgan fingerprint density at radius 3 is 1.17 bits per heavy atom. The first-order valence-corrected chi connectivity index (χ1v) is 32.5. The number of benzene rings is 1. The molecule has 0 spiro atoms. The highest BCUT2D eigenvalue weighted by Crippen LogP contribution is 2.27. The van der Waals surface area contributed by atoms with Crippen molar-refractivity contribution in [2.45, 2.75) is 145 Å². The first kappa shape index (κ1) is 59.3. The third-order valence-electron chi connectivity index (χ3n) is 5.16. The van der Waals surface area contributed by atoms with E-state index in [1.807, 2.05) is 33.0 Å². The third-order valence-corrected chi connectivity index (χ3v) is 14.6. The Bertz CT molecular complexity index is 730. The van der Waals surface area contributed by atoms with Crippen LogP contribution in [0.5, 0.6) is 0 Å². The number of carbonyl (C=O) groups excluding carboxylic acids is 1. The topological polar surface area (TPSA) is 66.0 Å². The fourth-order valence-corrected chi connectivity index (χ4v) is 5.15. The second kappa shape index (κ2) is 34.5. The van der Waals surface area contributed by atoms with Crippen molar-refractivity contribution in [2.75, 3.05) is 40.7 Å². The van der Waals surface area contributed by atoms with Gasteiger partial charge in [0.1, 0.15) is 0 Å². The van der Waals surface area contributed by atoms with Crippen LogP contribution in [0.25, 0.3) is 0 Å². The second-order valence-corrected chi connectivity index (χ2v) is 36.5. The molecule has 6 nitrogen and oxygen atoms in total. The molecule has 0 aliphatic heterocycles. The van der Waals surface area contributed by atoms with Crippen LogP contribution in [0.2, 0.25) is 77.6 Å². The molecule has 0 aliphatic carbocycles. The predicted molar refractivity (Wildman–Crippen MR) is 231 cm³/mol. The molecule has 0 fully saturated rings. The molecule has 0 heterocycles. The molecule has 1 N–H and O–H groups in total. The van der Waals surface area contributed by atoms with Crippen LogP contribution in [0.1, 0.15) is 62.3 Å². The molecule has 1 rings (SSSR count). The maximum atomic E-state index is 9.70. The lowest BCUT2D eigenvalue weighted by atomic mass is 10.0. The van der Waals surface area contributed by atoms with E-state index in [-0.39, 0.29) is 5.91 Å². The molecule has 0 radical (unpaired) electrons. The number of amides is 1. The minimum absolute atomic E-state index is 0.00463. The van der Waals surface area contributed by atoms with Gasteiger partial charge in [-0.25, -0.2) is 0 Å². The van der Waals surface area contributed by atoms with Crippen LogP contribution in [-0.2, 0) is 22.5 Å². The van der Waals surface area contributed by atoms with Gasteiger partial charge in [0.2, 0.25) is 5.91 Å². The van der Waals surface area contributed by atoms with Gasteiger partial charge in [0.25, 0.3) is 0 Å². The molecule has 47 heavy (non-hydrogen) atoms. The van der Waals surface area contributed by atoms with E-state index >= 15 is 0 Å². The Labute approximate surface area is 308 Å². The summed E-state index contributed by atoms with van der Waals surface area (Å²) in [6, 6.07) is 13.2. The van der Waals surface area contributed by atoms with E-state index in [1.165, 1.54) is 23.9 Å². The molecule has 0 aliphatic rings. The van der Waals surface area contributed by atoms with Crippen molar-refractivity contribution < 1.29 is 22.5 Å². The van der Waals surface area contributed by atoms with Gasteiger partial charge in [-0.15, -0.1) is 0 Å². The van der Waals surface area contributed by atoms with Crippen LogP contribution in [0, 0.1) is 5.41 Å². The van der Waals surface area contributed by atoms with Gasteiger partial charge in [-0.05, 0) is 63.8 Å². The molecule has 0 atom stereocenters. The average Bonchev–Trinajstić information content (AvgIpc) is 2.93. The summed E-state index contributed by atoms with van der Waals surface area (Å²) in [5, 5.41) is 2.39. The highest BCUT2D eigenvalue weighted by Gasteiger charge is 2.22. The van der Waals surface area contributed by atoms with Crippen LogP contribution < -0.4 is 5.32 Å². The van der Waals surface area contributed by atoms with Crippen LogP contribution in [0.15, 0.2) is 35.2 Å². The Balaban J connectivity index is -0.000000106. The van der Waals surface area contributed by atoms with Crippen LogP contribution in [0.4, 0.5) is 0 Å². The summed E-state index contributed by atoms with van der Waals surface area (Å²) in [5.41, 5.74) is 0.500. The van der Waals surface area contributed by atoms with Crippen molar-refractivity contribution in [3.63, 3.8) is 0 Å². The molecule has 286 valence electrons. The van der Waals surface area contributed by atoms with E-state index in [0.29, 0.717) is 5.41 Å². The van der Waals surface area contributed by atoms with Crippen molar-refractivity contribution in [3.8, 4) is 0 Å². The zero-order chi connectivity index (χ0) is 39.0. The summed E-state index contributed by atoms with van der Waals surface area (Å²) in [4.78, 5) is 11.0. The molecule has 0 saturated heterocycles. The molecule has 1 aromatic carbocycles. The Morgan fingerprint density at radius 1 is 0.723 bits per heavy atom. The van der Waals surface area contributed by atoms with Crippen molar-refractivity contribution in [1.82, 2.24) is 5.32 Å². The Morgan fingerprint density at radius 2 is 1.02 bits per heavy atom. The maximum absolute atomic E-state index is 9.70. The van der Waals surface area contributed by atoms with Gasteiger partial charge in [-0.3, -0.25) is 4.79 Å². The normalized spacial score (nSPS) is 11.0. The fraction of sp³-hybridized carbons (Fsp3) is 0.800. The molecule has 1 aromatic rings. The average molecular weight is 775 g/mol.